The normalized spacial score (nSPS) is 34.0. The number of nitrogens with two attached hydrogens (primary N) is 1. The lowest BCUT2D eigenvalue weighted by atomic mass is 9.60. The molecule has 5 unspecified atom stereocenters. The summed E-state index contributed by atoms with van der Waals surface area (Å²) in [6.07, 6.45) is 8.10. The van der Waals surface area contributed by atoms with E-state index in [1.165, 1.54) is 49.8 Å². The van der Waals surface area contributed by atoms with Crippen molar-refractivity contribution in [2.24, 2.45) is 0 Å². The first-order valence-corrected chi connectivity index (χ1v) is 10.1. The van der Waals surface area contributed by atoms with Gasteiger partial charge in [0.1, 0.15) is 0 Å². The zero-order chi connectivity index (χ0) is 16.5. The first kappa shape index (κ1) is 14.2. The zero-order valence-electron chi connectivity index (χ0n) is 14.7. The Morgan fingerprint density at radius 3 is 2.32 bits per heavy atom. The lowest BCUT2D eigenvalue weighted by Crippen LogP contribution is -2.36. The second-order valence-electron chi connectivity index (χ2n) is 8.74. The average molecular weight is 330 g/mol. The molecule has 128 valence electrons. The second kappa shape index (κ2) is 5.03. The van der Waals surface area contributed by atoms with Gasteiger partial charge in [-0.05, 0) is 102 Å². The SMILES string of the molecule is Nc1ccc2c(c1)C1CC(Nc3ccc4c(c3)C3CCCC43)CCC21. The smallest absolute Gasteiger partial charge is 0.0345 e. The maximum Gasteiger partial charge on any atom is 0.0345 e. The highest BCUT2D eigenvalue weighted by Crippen LogP contribution is 2.57. The van der Waals surface area contributed by atoms with Crippen molar-refractivity contribution in [3.05, 3.63) is 58.7 Å². The van der Waals surface area contributed by atoms with Gasteiger partial charge < -0.3 is 11.1 Å². The number of fused-ring (bicyclic) bond motifs is 8. The lowest BCUT2D eigenvalue weighted by Gasteiger charge is -2.46. The van der Waals surface area contributed by atoms with E-state index in [0.717, 1.165) is 29.4 Å². The molecule has 4 aliphatic carbocycles. The number of nitrogen functional groups attached to an aromatic ring is 1. The Hall–Kier alpha value is -1.96. The summed E-state index contributed by atoms with van der Waals surface area (Å²) in [6.45, 7) is 0. The van der Waals surface area contributed by atoms with E-state index in [0.29, 0.717) is 6.04 Å². The van der Waals surface area contributed by atoms with Gasteiger partial charge in [-0.2, -0.15) is 0 Å². The van der Waals surface area contributed by atoms with E-state index in [2.05, 4.69) is 41.7 Å². The van der Waals surface area contributed by atoms with Crippen LogP contribution in [0.15, 0.2) is 36.4 Å². The fraction of sp³-hybridized carbons (Fsp3) is 0.478. The van der Waals surface area contributed by atoms with Crippen LogP contribution in [0.2, 0.25) is 0 Å². The number of anilines is 2. The van der Waals surface area contributed by atoms with Crippen LogP contribution in [-0.4, -0.2) is 6.04 Å². The summed E-state index contributed by atoms with van der Waals surface area (Å²) < 4.78 is 0. The molecule has 2 saturated carbocycles. The third-order valence-electron chi connectivity index (χ3n) is 7.53. The summed E-state index contributed by atoms with van der Waals surface area (Å²) in [7, 11) is 0. The molecule has 0 spiro atoms. The minimum atomic E-state index is 0.605. The predicted octanol–water partition coefficient (Wildman–Crippen LogP) is 5.48. The molecule has 6 rings (SSSR count). The fourth-order valence-corrected chi connectivity index (χ4v) is 6.34. The van der Waals surface area contributed by atoms with Crippen LogP contribution in [0.3, 0.4) is 0 Å². The number of nitrogens with one attached hydrogen (secondary N) is 1. The molecule has 0 aromatic heterocycles. The Morgan fingerprint density at radius 2 is 1.44 bits per heavy atom. The molecule has 0 bridgehead atoms. The van der Waals surface area contributed by atoms with Gasteiger partial charge >= 0.3 is 0 Å². The standard InChI is InChI=1S/C23H26N2/c24-13-4-7-18-20-9-6-15(12-23(20)21(18)10-13)25-14-5-8-19-16-2-1-3-17(16)22(19)11-14/h4-5,7-8,10-11,15-17,20,23,25H,1-3,6,9,12,24H2. The minimum Gasteiger partial charge on any atom is -0.399 e. The molecule has 0 saturated heterocycles. The Labute approximate surface area is 149 Å². The summed E-state index contributed by atoms with van der Waals surface area (Å²) in [6, 6.07) is 14.3. The molecule has 2 nitrogen and oxygen atoms in total. The molecule has 4 aliphatic rings. The number of hydrogen-bond donors (Lipinski definition) is 2. The van der Waals surface area contributed by atoms with Gasteiger partial charge in [0.15, 0.2) is 0 Å². The highest BCUT2D eigenvalue weighted by atomic mass is 14.9. The zero-order valence-corrected chi connectivity index (χ0v) is 14.7. The van der Waals surface area contributed by atoms with Crippen molar-refractivity contribution in [2.75, 3.05) is 11.1 Å². The molecular weight excluding hydrogens is 304 g/mol. The van der Waals surface area contributed by atoms with Crippen molar-refractivity contribution in [3.8, 4) is 0 Å². The molecule has 3 N–H and O–H groups in total. The van der Waals surface area contributed by atoms with E-state index in [9.17, 15) is 0 Å². The van der Waals surface area contributed by atoms with E-state index in [-0.39, 0.29) is 0 Å². The van der Waals surface area contributed by atoms with Crippen LogP contribution < -0.4 is 11.1 Å². The molecule has 0 heterocycles. The molecule has 0 radical (unpaired) electrons. The van der Waals surface area contributed by atoms with Crippen LogP contribution >= 0.6 is 0 Å². The van der Waals surface area contributed by atoms with Gasteiger partial charge in [-0.3, -0.25) is 0 Å². The number of benzene rings is 2. The number of hydrogen-bond acceptors (Lipinski definition) is 2. The molecule has 2 aromatic rings. The maximum absolute atomic E-state index is 6.01. The average Bonchev–Trinajstić information content (AvgIpc) is 3.03. The van der Waals surface area contributed by atoms with Crippen LogP contribution in [0.4, 0.5) is 11.4 Å². The second-order valence-corrected chi connectivity index (χ2v) is 8.74. The van der Waals surface area contributed by atoms with Crippen molar-refractivity contribution in [1.29, 1.82) is 0 Å². The van der Waals surface area contributed by atoms with Crippen molar-refractivity contribution >= 4 is 11.4 Å². The Morgan fingerprint density at radius 1 is 0.720 bits per heavy atom. The predicted molar refractivity (Wildman–Crippen MR) is 103 cm³/mol. The van der Waals surface area contributed by atoms with Crippen LogP contribution in [0.25, 0.3) is 0 Å². The first-order valence-electron chi connectivity index (χ1n) is 10.1. The van der Waals surface area contributed by atoms with Gasteiger partial charge in [0.25, 0.3) is 0 Å². The van der Waals surface area contributed by atoms with Gasteiger partial charge in [-0.1, -0.05) is 18.6 Å². The summed E-state index contributed by atoms with van der Waals surface area (Å²) >= 11 is 0. The monoisotopic (exact) mass is 330 g/mol. The topological polar surface area (TPSA) is 38.0 Å². The van der Waals surface area contributed by atoms with Crippen molar-refractivity contribution in [3.63, 3.8) is 0 Å². The molecule has 2 aromatic carbocycles. The van der Waals surface area contributed by atoms with E-state index in [1.807, 2.05) is 0 Å². The van der Waals surface area contributed by atoms with Crippen LogP contribution in [-0.2, 0) is 0 Å². The Bertz CT molecular complexity index is 855. The van der Waals surface area contributed by atoms with E-state index in [4.69, 9.17) is 5.73 Å². The summed E-state index contributed by atoms with van der Waals surface area (Å²) in [5, 5.41) is 3.86. The van der Waals surface area contributed by atoms with Gasteiger partial charge in [-0.15, -0.1) is 0 Å². The largest absolute Gasteiger partial charge is 0.399 e. The third kappa shape index (κ3) is 1.97. The fourth-order valence-electron chi connectivity index (χ4n) is 6.34. The highest BCUT2D eigenvalue weighted by Gasteiger charge is 2.43. The van der Waals surface area contributed by atoms with Gasteiger partial charge in [0, 0.05) is 17.4 Å². The van der Waals surface area contributed by atoms with Crippen molar-refractivity contribution in [2.45, 2.75) is 68.2 Å². The van der Waals surface area contributed by atoms with Crippen LogP contribution in [0.1, 0.15) is 84.5 Å². The van der Waals surface area contributed by atoms with Crippen LogP contribution in [0, 0.1) is 0 Å². The Balaban J connectivity index is 1.20. The van der Waals surface area contributed by atoms with E-state index >= 15 is 0 Å². The molecule has 0 amide bonds. The molecule has 0 aliphatic heterocycles. The van der Waals surface area contributed by atoms with E-state index < -0.39 is 0 Å². The molecule has 25 heavy (non-hydrogen) atoms. The van der Waals surface area contributed by atoms with Gasteiger partial charge in [-0.25, -0.2) is 0 Å². The summed E-state index contributed by atoms with van der Waals surface area (Å²) in [4.78, 5) is 0. The van der Waals surface area contributed by atoms with Crippen molar-refractivity contribution in [1.82, 2.24) is 0 Å². The van der Waals surface area contributed by atoms with Crippen LogP contribution in [0.5, 0.6) is 0 Å². The molecule has 2 fully saturated rings. The quantitative estimate of drug-likeness (QED) is 0.716. The molecular formula is C23H26N2. The third-order valence-corrected chi connectivity index (χ3v) is 7.53. The van der Waals surface area contributed by atoms with Gasteiger partial charge in [0.2, 0.25) is 0 Å². The Kier molecular flexibility index (Phi) is 2.86. The molecule has 5 atom stereocenters. The number of rotatable bonds is 2. The van der Waals surface area contributed by atoms with E-state index in [1.54, 1.807) is 16.7 Å². The van der Waals surface area contributed by atoms with Crippen molar-refractivity contribution < 1.29 is 0 Å². The van der Waals surface area contributed by atoms with Gasteiger partial charge in [0.05, 0.1) is 0 Å². The molecule has 2 heteroatoms. The highest BCUT2D eigenvalue weighted by molar-refractivity contribution is 5.58. The lowest BCUT2D eigenvalue weighted by molar-refractivity contribution is 0.321. The summed E-state index contributed by atoms with van der Waals surface area (Å²) in [5.74, 6) is 3.26. The summed E-state index contributed by atoms with van der Waals surface area (Å²) in [5.41, 5.74) is 14.6. The minimum absolute atomic E-state index is 0.605. The first-order chi connectivity index (χ1) is 12.3. The maximum atomic E-state index is 6.01.